The zero-order valence-corrected chi connectivity index (χ0v) is 24.9. The Kier molecular flexibility index (Phi) is 9.11. The third-order valence-electron chi connectivity index (χ3n) is 6.83. The summed E-state index contributed by atoms with van der Waals surface area (Å²) in [6.45, 7) is 2.21. The van der Waals surface area contributed by atoms with E-state index in [0.29, 0.717) is 33.5 Å². The molecule has 0 unspecified atom stereocenters. The highest BCUT2D eigenvalue weighted by molar-refractivity contribution is 8.00. The molecular formula is C27H27ClF3N7O4S. The van der Waals surface area contributed by atoms with E-state index in [9.17, 15) is 18.0 Å². The molecule has 2 atom stereocenters. The van der Waals surface area contributed by atoms with Gasteiger partial charge in [-0.2, -0.15) is 13.2 Å². The predicted molar refractivity (Wildman–Crippen MR) is 150 cm³/mol. The molecule has 0 bridgehead atoms. The molecule has 0 fully saturated rings. The second kappa shape index (κ2) is 12.8. The largest absolute Gasteiger partial charge is 0.493 e. The molecule has 43 heavy (non-hydrogen) atoms. The van der Waals surface area contributed by atoms with E-state index in [4.69, 9.17) is 25.8 Å². The standard InChI is InChI=1S/C27H27ClF3N7O4S/c1-4-42-22(39)11-10-21-32-35-36-37(21)13-12-20-25-33-34-26(27(29,30)31)38(25)18-9-8-15(28)14-17(18)24(43-20)16-6-5-7-19(40-2)23(16)41-3/h5-9,14,20,24H,4,10-13H2,1-3H3/t20-,24-/m1/s1. The molecule has 228 valence electrons. The molecule has 2 aromatic carbocycles. The van der Waals surface area contributed by atoms with Crippen LogP contribution in [0.25, 0.3) is 5.69 Å². The Labute approximate surface area is 253 Å². The lowest BCUT2D eigenvalue weighted by atomic mass is 10.0. The van der Waals surface area contributed by atoms with Gasteiger partial charge in [-0.05, 0) is 53.6 Å². The van der Waals surface area contributed by atoms with Gasteiger partial charge in [-0.15, -0.1) is 27.1 Å². The number of hydrogen-bond donors (Lipinski definition) is 0. The van der Waals surface area contributed by atoms with Crippen molar-refractivity contribution in [2.45, 2.75) is 49.4 Å². The van der Waals surface area contributed by atoms with Gasteiger partial charge < -0.3 is 14.2 Å². The number of thioether (sulfide) groups is 1. The van der Waals surface area contributed by atoms with Gasteiger partial charge in [0, 0.05) is 23.6 Å². The van der Waals surface area contributed by atoms with Crippen molar-refractivity contribution < 1.29 is 32.2 Å². The zero-order chi connectivity index (χ0) is 30.7. The molecule has 0 radical (unpaired) electrons. The molecule has 16 heteroatoms. The number of halogens is 4. The molecule has 0 spiro atoms. The fourth-order valence-corrected chi connectivity index (χ4v) is 6.67. The minimum atomic E-state index is -4.78. The first-order chi connectivity index (χ1) is 20.7. The first-order valence-electron chi connectivity index (χ1n) is 13.3. The predicted octanol–water partition coefficient (Wildman–Crippen LogP) is 5.41. The molecule has 0 amide bonds. The van der Waals surface area contributed by atoms with E-state index in [0.717, 1.165) is 4.57 Å². The van der Waals surface area contributed by atoms with Gasteiger partial charge in [-0.25, -0.2) is 4.68 Å². The summed E-state index contributed by atoms with van der Waals surface area (Å²) in [5.41, 5.74) is 1.46. The first kappa shape index (κ1) is 30.6. The summed E-state index contributed by atoms with van der Waals surface area (Å²) in [6.07, 6.45) is -4.17. The van der Waals surface area contributed by atoms with Gasteiger partial charge in [0.25, 0.3) is 0 Å². The fourth-order valence-electron chi connectivity index (χ4n) is 4.98. The van der Waals surface area contributed by atoms with E-state index in [2.05, 4.69) is 25.7 Å². The first-order valence-corrected chi connectivity index (χ1v) is 14.6. The summed E-state index contributed by atoms with van der Waals surface area (Å²) >= 11 is 7.80. The quantitative estimate of drug-likeness (QED) is 0.209. The number of carbonyl (C=O) groups is 1. The lowest BCUT2D eigenvalue weighted by Gasteiger charge is -2.24. The number of alkyl halides is 3. The van der Waals surface area contributed by atoms with Crippen molar-refractivity contribution in [3.63, 3.8) is 0 Å². The maximum absolute atomic E-state index is 14.3. The van der Waals surface area contributed by atoms with E-state index in [1.165, 1.54) is 42.8 Å². The molecule has 0 N–H and O–H groups in total. The number of nitrogens with zero attached hydrogens (tertiary/aromatic N) is 7. The average Bonchev–Trinajstić information content (AvgIpc) is 3.61. The van der Waals surface area contributed by atoms with Crippen molar-refractivity contribution in [3.8, 4) is 17.2 Å². The van der Waals surface area contributed by atoms with Gasteiger partial charge in [0.1, 0.15) is 0 Å². The molecule has 2 aromatic heterocycles. The normalized spacial score (nSPS) is 16.3. The average molecular weight is 638 g/mol. The van der Waals surface area contributed by atoms with Crippen LogP contribution in [-0.4, -0.2) is 61.8 Å². The highest BCUT2D eigenvalue weighted by atomic mass is 35.5. The van der Waals surface area contributed by atoms with E-state index in [1.54, 1.807) is 25.1 Å². The molecule has 0 saturated carbocycles. The number of hydrogen-bond acceptors (Lipinski definition) is 10. The van der Waals surface area contributed by atoms with Gasteiger partial charge in [0.15, 0.2) is 23.1 Å². The van der Waals surface area contributed by atoms with Crippen LogP contribution in [0, 0.1) is 0 Å². The van der Waals surface area contributed by atoms with Gasteiger partial charge in [0.05, 0.1) is 43.4 Å². The number of fused-ring (bicyclic) bond motifs is 3. The molecule has 0 aliphatic carbocycles. The van der Waals surface area contributed by atoms with Crippen LogP contribution in [0.3, 0.4) is 0 Å². The Hall–Kier alpha value is -3.85. The molecule has 5 rings (SSSR count). The molecule has 4 aromatic rings. The number of tetrazole rings is 1. The maximum atomic E-state index is 14.3. The van der Waals surface area contributed by atoms with Gasteiger partial charge in [0.2, 0.25) is 5.82 Å². The second-order valence-electron chi connectivity index (χ2n) is 9.42. The number of aromatic nitrogens is 7. The number of aryl methyl sites for hydroxylation is 2. The van der Waals surface area contributed by atoms with Crippen LogP contribution in [0.2, 0.25) is 5.02 Å². The number of ether oxygens (including phenoxy) is 3. The third kappa shape index (κ3) is 6.27. The van der Waals surface area contributed by atoms with Crippen LogP contribution >= 0.6 is 23.4 Å². The van der Waals surface area contributed by atoms with Crippen molar-refractivity contribution in [1.29, 1.82) is 0 Å². The summed E-state index contributed by atoms with van der Waals surface area (Å²) in [6, 6.07) is 10.1. The van der Waals surface area contributed by atoms with Crippen molar-refractivity contribution in [3.05, 3.63) is 70.0 Å². The number of para-hydroxylation sites is 1. The van der Waals surface area contributed by atoms with Gasteiger partial charge >= 0.3 is 12.1 Å². The summed E-state index contributed by atoms with van der Waals surface area (Å²) in [5.74, 6) is -0.0392. The number of carbonyl (C=O) groups excluding carboxylic acids is 1. The number of esters is 1. The minimum Gasteiger partial charge on any atom is -0.493 e. The van der Waals surface area contributed by atoms with E-state index < -0.39 is 22.5 Å². The van der Waals surface area contributed by atoms with Crippen LogP contribution < -0.4 is 9.47 Å². The summed E-state index contributed by atoms with van der Waals surface area (Å²) in [7, 11) is 3.02. The van der Waals surface area contributed by atoms with Crippen LogP contribution in [-0.2, 0) is 28.7 Å². The Morgan fingerprint density at radius 1 is 1.09 bits per heavy atom. The summed E-state index contributed by atoms with van der Waals surface area (Å²) < 4.78 is 61.7. The maximum Gasteiger partial charge on any atom is 0.452 e. The van der Waals surface area contributed by atoms with Crippen LogP contribution in [0.15, 0.2) is 36.4 Å². The number of benzene rings is 2. The highest BCUT2D eigenvalue weighted by Crippen LogP contribution is 2.54. The van der Waals surface area contributed by atoms with E-state index in [1.807, 2.05) is 6.07 Å². The molecular weight excluding hydrogens is 611 g/mol. The van der Waals surface area contributed by atoms with Crippen molar-refractivity contribution in [2.24, 2.45) is 0 Å². The zero-order valence-electron chi connectivity index (χ0n) is 23.3. The van der Waals surface area contributed by atoms with Crippen LogP contribution in [0.1, 0.15) is 58.9 Å². The van der Waals surface area contributed by atoms with E-state index in [-0.39, 0.29) is 49.9 Å². The fraction of sp³-hybridized carbons (Fsp3) is 0.407. The molecule has 3 heterocycles. The highest BCUT2D eigenvalue weighted by Gasteiger charge is 2.43. The van der Waals surface area contributed by atoms with Crippen molar-refractivity contribution in [1.82, 2.24) is 35.0 Å². The van der Waals surface area contributed by atoms with Gasteiger partial charge in [-0.1, -0.05) is 23.7 Å². The molecule has 0 saturated heterocycles. The lowest BCUT2D eigenvalue weighted by Crippen LogP contribution is -2.17. The monoisotopic (exact) mass is 637 g/mol. The second-order valence-corrected chi connectivity index (χ2v) is 11.2. The number of rotatable bonds is 10. The Morgan fingerprint density at radius 3 is 2.63 bits per heavy atom. The number of methoxy groups -OCH3 is 2. The van der Waals surface area contributed by atoms with Crippen molar-refractivity contribution >= 4 is 29.3 Å². The molecule has 11 nitrogen and oxygen atoms in total. The lowest BCUT2D eigenvalue weighted by molar-refractivity contribution is -0.146. The SMILES string of the molecule is CCOC(=O)CCc1nnnn1CC[C@H]1S[C@H](c2cccc(OC)c2OC)c2cc(Cl)ccc2-n2c1nnc2C(F)(F)F. The summed E-state index contributed by atoms with van der Waals surface area (Å²) in [4.78, 5) is 11.9. The van der Waals surface area contributed by atoms with Crippen LogP contribution in [0.4, 0.5) is 13.2 Å². The van der Waals surface area contributed by atoms with Gasteiger partial charge in [-0.3, -0.25) is 9.36 Å². The Balaban J connectivity index is 1.59. The molecule has 1 aliphatic heterocycles. The Bertz CT molecular complexity index is 1610. The molecule has 1 aliphatic rings. The Morgan fingerprint density at radius 2 is 1.91 bits per heavy atom. The van der Waals surface area contributed by atoms with Crippen LogP contribution in [0.5, 0.6) is 11.5 Å². The smallest absolute Gasteiger partial charge is 0.452 e. The minimum absolute atomic E-state index is 0.0867. The topological polar surface area (TPSA) is 119 Å². The van der Waals surface area contributed by atoms with E-state index >= 15 is 0 Å². The third-order valence-corrected chi connectivity index (χ3v) is 8.62. The van der Waals surface area contributed by atoms with Crippen molar-refractivity contribution in [2.75, 3.05) is 20.8 Å². The summed E-state index contributed by atoms with van der Waals surface area (Å²) in [5, 5.41) is 18.6.